The van der Waals surface area contributed by atoms with Gasteiger partial charge in [-0.3, -0.25) is 15.6 Å². The molecule has 0 aliphatic rings. The summed E-state index contributed by atoms with van der Waals surface area (Å²) in [7, 11) is 0. The van der Waals surface area contributed by atoms with Crippen molar-refractivity contribution in [3.8, 4) is 0 Å². The van der Waals surface area contributed by atoms with Gasteiger partial charge in [-0.15, -0.1) is 0 Å². The summed E-state index contributed by atoms with van der Waals surface area (Å²) in [4.78, 5) is 15.9. The van der Waals surface area contributed by atoms with Gasteiger partial charge in [-0.2, -0.15) is 0 Å². The van der Waals surface area contributed by atoms with Gasteiger partial charge in [0, 0.05) is 12.7 Å². The number of carbonyl (C=O) groups is 1. The molecule has 0 bridgehead atoms. The number of hydrazine groups is 1. The second kappa shape index (κ2) is 6.63. The Labute approximate surface area is 116 Å². The van der Waals surface area contributed by atoms with E-state index in [2.05, 4.69) is 15.7 Å². The van der Waals surface area contributed by atoms with Crippen molar-refractivity contribution in [2.45, 2.75) is 6.42 Å². The van der Waals surface area contributed by atoms with E-state index in [-0.39, 0.29) is 11.7 Å². The highest BCUT2D eigenvalue weighted by atomic mass is 19.1. The Kier molecular flexibility index (Phi) is 4.62. The van der Waals surface area contributed by atoms with Crippen molar-refractivity contribution >= 4 is 11.6 Å². The first-order valence-electron chi connectivity index (χ1n) is 6.14. The summed E-state index contributed by atoms with van der Waals surface area (Å²) < 4.78 is 12.7. The van der Waals surface area contributed by atoms with Crippen molar-refractivity contribution in [1.29, 1.82) is 0 Å². The lowest BCUT2D eigenvalue weighted by Crippen LogP contribution is -2.27. The second-order valence-electron chi connectivity index (χ2n) is 4.20. The van der Waals surface area contributed by atoms with Crippen LogP contribution in [0.25, 0.3) is 0 Å². The number of hydrogen-bond acceptors (Lipinski definition) is 4. The minimum Gasteiger partial charge on any atom is -0.352 e. The maximum Gasteiger partial charge on any atom is 0.253 e. The summed E-state index contributed by atoms with van der Waals surface area (Å²) in [5.74, 6) is 4.81. The zero-order valence-electron chi connectivity index (χ0n) is 10.8. The predicted molar refractivity (Wildman–Crippen MR) is 74.5 cm³/mol. The van der Waals surface area contributed by atoms with E-state index in [1.807, 2.05) is 0 Å². The van der Waals surface area contributed by atoms with Crippen LogP contribution < -0.4 is 16.6 Å². The lowest BCUT2D eigenvalue weighted by atomic mass is 10.1. The van der Waals surface area contributed by atoms with Crippen LogP contribution in [-0.2, 0) is 6.42 Å². The lowest BCUT2D eigenvalue weighted by molar-refractivity contribution is 0.0955. The number of nitrogens with one attached hydrogen (secondary N) is 2. The van der Waals surface area contributed by atoms with Crippen LogP contribution in [0.3, 0.4) is 0 Å². The highest BCUT2D eigenvalue weighted by molar-refractivity contribution is 5.99. The molecule has 0 fully saturated rings. The van der Waals surface area contributed by atoms with Crippen molar-refractivity contribution < 1.29 is 9.18 Å². The number of halogens is 1. The first-order valence-corrected chi connectivity index (χ1v) is 6.14. The number of anilines is 1. The van der Waals surface area contributed by atoms with Crippen LogP contribution in [0.15, 0.2) is 42.7 Å². The number of aromatic nitrogens is 1. The summed E-state index contributed by atoms with van der Waals surface area (Å²) >= 11 is 0. The summed E-state index contributed by atoms with van der Waals surface area (Å²) in [6, 6.07) is 7.77. The average Bonchev–Trinajstić information content (AvgIpc) is 2.49. The van der Waals surface area contributed by atoms with E-state index < -0.39 is 0 Å². The van der Waals surface area contributed by atoms with Crippen LogP contribution in [0.2, 0.25) is 0 Å². The van der Waals surface area contributed by atoms with E-state index in [4.69, 9.17) is 5.84 Å². The monoisotopic (exact) mass is 274 g/mol. The largest absolute Gasteiger partial charge is 0.352 e. The van der Waals surface area contributed by atoms with Gasteiger partial charge in [-0.25, -0.2) is 4.39 Å². The Morgan fingerprint density at radius 3 is 2.70 bits per heavy atom. The lowest BCUT2D eigenvalue weighted by Gasteiger charge is -2.09. The topological polar surface area (TPSA) is 80.0 Å². The molecule has 5 nitrogen and oxygen atoms in total. The molecule has 0 atom stereocenters. The molecule has 0 aliphatic heterocycles. The molecule has 0 unspecified atom stereocenters. The second-order valence-corrected chi connectivity index (χ2v) is 4.20. The third-order valence-electron chi connectivity index (χ3n) is 2.83. The van der Waals surface area contributed by atoms with Gasteiger partial charge in [0.1, 0.15) is 5.82 Å². The highest BCUT2D eigenvalue weighted by Crippen LogP contribution is 2.11. The maximum absolute atomic E-state index is 12.7. The number of hydrogen-bond donors (Lipinski definition) is 3. The van der Waals surface area contributed by atoms with Crippen molar-refractivity contribution in [1.82, 2.24) is 10.3 Å². The molecule has 2 aromatic rings. The number of amides is 1. The molecule has 1 aromatic carbocycles. The fraction of sp³-hybridized carbons (Fsp3) is 0.143. The minimum absolute atomic E-state index is 0.234. The fourth-order valence-electron chi connectivity index (χ4n) is 1.77. The van der Waals surface area contributed by atoms with Crippen LogP contribution in [0.5, 0.6) is 0 Å². The van der Waals surface area contributed by atoms with E-state index in [0.29, 0.717) is 24.2 Å². The van der Waals surface area contributed by atoms with Gasteiger partial charge >= 0.3 is 0 Å². The molecule has 0 saturated carbocycles. The van der Waals surface area contributed by atoms with Gasteiger partial charge in [-0.05, 0) is 30.2 Å². The number of carbonyl (C=O) groups excluding carboxylic acids is 1. The quantitative estimate of drug-likeness (QED) is 0.570. The first-order chi connectivity index (χ1) is 9.70. The van der Waals surface area contributed by atoms with Crippen molar-refractivity contribution in [2.24, 2.45) is 5.84 Å². The summed E-state index contributed by atoms with van der Waals surface area (Å²) in [5.41, 5.74) is 4.28. The molecule has 0 radical (unpaired) electrons. The van der Waals surface area contributed by atoms with Crippen LogP contribution in [0, 0.1) is 5.82 Å². The van der Waals surface area contributed by atoms with Gasteiger partial charge in [-0.1, -0.05) is 12.1 Å². The van der Waals surface area contributed by atoms with E-state index >= 15 is 0 Å². The molecular weight excluding hydrogens is 259 g/mol. The van der Waals surface area contributed by atoms with E-state index in [0.717, 1.165) is 5.56 Å². The molecule has 0 aliphatic carbocycles. The van der Waals surface area contributed by atoms with Gasteiger partial charge in [0.25, 0.3) is 5.91 Å². The van der Waals surface area contributed by atoms with Crippen LogP contribution in [-0.4, -0.2) is 17.4 Å². The highest BCUT2D eigenvalue weighted by Gasteiger charge is 2.09. The third-order valence-corrected chi connectivity index (χ3v) is 2.83. The van der Waals surface area contributed by atoms with Gasteiger partial charge in [0.05, 0.1) is 17.4 Å². The Hall–Kier alpha value is -2.47. The summed E-state index contributed by atoms with van der Waals surface area (Å²) in [6.45, 7) is 0.455. The predicted octanol–water partition coefficient (Wildman–Crippen LogP) is 1.48. The molecule has 104 valence electrons. The van der Waals surface area contributed by atoms with E-state index in [1.165, 1.54) is 24.5 Å². The van der Waals surface area contributed by atoms with E-state index in [9.17, 15) is 9.18 Å². The zero-order valence-corrected chi connectivity index (χ0v) is 10.8. The molecule has 0 saturated heterocycles. The van der Waals surface area contributed by atoms with Crippen LogP contribution in [0.1, 0.15) is 15.9 Å². The first kappa shape index (κ1) is 14.0. The smallest absolute Gasteiger partial charge is 0.253 e. The van der Waals surface area contributed by atoms with Crippen LogP contribution in [0.4, 0.5) is 10.1 Å². The third kappa shape index (κ3) is 3.52. The number of rotatable bonds is 5. The van der Waals surface area contributed by atoms with Crippen molar-refractivity contribution in [3.05, 3.63) is 59.7 Å². The fourth-order valence-corrected chi connectivity index (χ4v) is 1.77. The number of benzene rings is 1. The molecule has 1 amide bonds. The number of nitrogens with zero attached hydrogens (tertiary/aromatic N) is 1. The molecule has 1 aromatic heterocycles. The standard InChI is InChI=1S/C14H15FN4O/c15-11-3-1-10(2-4-11)5-8-18-14(20)12-6-7-17-9-13(12)19-16/h1-4,6-7,9,19H,5,8,16H2,(H,18,20). The molecule has 20 heavy (non-hydrogen) atoms. The molecule has 6 heteroatoms. The Morgan fingerprint density at radius 2 is 2.00 bits per heavy atom. The SMILES string of the molecule is NNc1cnccc1C(=O)NCCc1ccc(F)cc1. The molecule has 0 spiro atoms. The van der Waals surface area contributed by atoms with E-state index in [1.54, 1.807) is 18.2 Å². The summed E-state index contributed by atoms with van der Waals surface area (Å²) in [6.07, 6.45) is 3.63. The van der Waals surface area contributed by atoms with Crippen molar-refractivity contribution in [3.63, 3.8) is 0 Å². The zero-order chi connectivity index (χ0) is 14.4. The van der Waals surface area contributed by atoms with Gasteiger partial charge in [0.15, 0.2) is 0 Å². The normalized spacial score (nSPS) is 10.1. The Bertz CT molecular complexity index is 586. The summed E-state index contributed by atoms with van der Waals surface area (Å²) in [5, 5.41) is 2.78. The number of nitrogen functional groups attached to an aromatic ring is 1. The van der Waals surface area contributed by atoms with Gasteiger partial charge < -0.3 is 10.7 Å². The molecule has 1 heterocycles. The van der Waals surface area contributed by atoms with Crippen molar-refractivity contribution in [2.75, 3.05) is 12.0 Å². The molecule has 2 rings (SSSR count). The number of nitrogens with two attached hydrogens (primary N) is 1. The van der Waals surface area contributed by atoms with Crippen LogP contribution >= 0.6 is 0 Å². The number of pyridine rings is 1. The minimum atomic E-state index is -0.270. The Balaban J connectivity index is 1.90. The molecule has 4 N–H and O–H groups in total. The average molecular weight is 274 g/mol. The van der Waals surface area contributed by atoms with Gasteiger partial charge in [0.2, 0.25) is 0 Å². The maximum atomic E-state index is 12.7. The molecular formula is C14H15FN4O. The Morgan fingerprint density at radius 1 is 1.25 bits per heavy atom.